The van der Waals surface area contributed by atoms with E-state index in [9.17, 15) is 24.5 Å². The van der Waals surface area contributed by atoms with Crippen molar-refractivity contribution in [2.75, 3.05) is 5.32 Å². The number of hydrogen-bond acceptors (Lipinski definition) is 7. The molecule has 1 aromatic carbocycles. The summed E-state index contributed by atoms with van der Waals surface area (Å²) in [7, 11) is 0. The van der Waals surface area contributed by atoms with E-state index < -0.39 is 10.8 Å². The molecular weight excluding hydrogens is 346 g/mol. The van der Waals surface area contributed by atoms with Crippen molar-refractivity contribution in [3.63, 3.8) is 0 Å². The second-order valence-electron chi connectivity index (χ2n) is 5.60. The zero-order valence-corrected chi connectivity index (χ0v) is 14.0. The lowest BCUT2D eigenvalue weighted by molar-refractivity contribution is -0.384. The summed E-state index contributed by atoms with van der Waals surface area (Å²) in [6.45, 7) is 1.35. The molecule has 1 aliphatic carbocycles. The van der Waals surface area contributed by atoms with Crippen LogP contribution in [-0.4, -0.2) is 27.4 Å². The van der Waals surface area contributed by atoms with E-state index >= 15 is 0 Å². The van der Waals surface area contributed by atoms with E-state index in [4.69, 9.17) is 0 Å². The Balaban J connectivity index is 1.83. The Morgan fingerprint density at radius 3 is 2.60 bits per heavy atom. The SMILES string of the molecule is CC(=O)Nc1nc2c(s1)C(=O)C(C(=O)c1ccc([N+](=O)[O-])cc1)CC2. The van der Waals surface area contributed by atoms with Crippen LogP contribution in [0.2, 0.25) is 0 Å². The summed E-state index contributed by atoms with van der Waals surface area (Å²) in [4.78, 5) is 51.1. The zero-order chi connectivity index (χ0) is 18.1. The van der Waals surface area contributed by atoms with Gasteiger partial charge in [0.1, 0.15) is 0 Å². The van der Waals surface area contributed by atoms with Crippen LogP contribution in [0.25, 0.3) is 0 Å². The number of hydrogen-bond donors (Lipinski definition) is 1. The fraction of sp³-hybridized carbons (Fsp3) is 0.250. The lowest BCUT2D eigenvalue weighted by Crippen LogP contribution is -2.28. The van der Waals surface area contributed by atoms with Gasteiger partial charge in [-0.25, -0.2) is 4.98 Å². The van der Waals surface area contributed by atoms with Crippen molar-refractivity contribution in [2.24, 2.45) is 5.92 Å². The molecule has 0 saturated heterocycles. The molecule has 3 rings (SSSR count). The third kappa shape index (κ3) is 3.31. The first-order valence-corrected chi connectivity index (χ1v) is 8.28. The number of aromatic nitrogens is 1. The third-order valence-corrected chi connectivity index (χ3v) is 4.90. The van der Waals surface area contributed by atoms with Gasteiger partial charge in [-0.15, -0.1) is 0 Å². The average molecular weight is 359 g/mol. The van der Waals surface area contributed by atoms with Crippen molar-refractivity contribution in [1.29, 1.82) is 0 Å². The molecule has 1 unspecified atom stereocenters. The molecule has 2 aromatic rings. The quantitative estimate of drug-likeness (QED) is 0.388. The molecule has 9 heteroatoms. The number of thiazole rings is 1. The highest BCUT2D eigenvalue weighted by Gasteiger charge is 2.36. The number of fused-ring (bicyclic) bond motifs is 1. The van der Waals surface area contributed by atoms with E-state index in [1.807, 2.05) is 0 Å². The number of nitro groups is 1. The predicted molar refractivity (Wildman–Crippen MR) is 90.0 cm³/mol. The molecule has 1 heterocycles. The molecule has 128 valence electrons. The molecule has 1 aromatic heterocycles. The second-order valence-corrected chi connectivity index (χ2v) is 6.60. The Hall–Kier alpha value is -2.94. The molecule has 0 saturated carbocycles. The van der Waals surface area contributed by atoms with Gasteiger partial charge in [0, 0.05) is 24.6 Å². The van der Waals surface area contributed by atoms with Crippen LogP contribution in [0.5, 0.6) is 0 Å². The van der Waals surface area contributed by atoms with E-state index in [-0.39, 0.29) is 28.7 Å². The van der Waals surface area contributed by atoms with Crippen molar-refractivity contribution in [2.45, 2.75) is 19.8 Å². The number of ketones is 2. The summed E-state index contributed by atoms with van der Waals surface area (Å²) in [5.41, 5.74) is 0.738. The first kappa shape index (κ1) is 16.9. The molecule has 8 nitrogen and oxygen atoms in total. The van der Waals surface area contributed by atoms with Gasteiger partial charge in [0.15, 0.2) is 16.7 Å². The molecule has 0 aliphatic heterocycles. The highest BCUT2D eigenvalue weighted by atomic mass is 32.1. The Kier molecular flexibility index (Phi) is 4.41. The van der Waals surface area contributed by atoms with E-state index in [2.05, 4.69) is 10.3 Å². The minimum Gasteiger partial charge on any atom is -0.302 e. The molecule has 0 spiro atoms. The summed E-state index contributed by atoms with van der Waals surface area (Å²) >= 11 is 1.06. The first-order valence-electron chi connectivity index (χ1n) is 7.47. The van der Waals surface area contributed by atoms with E-state index in [1.54, 1.807) is 0 Å². The summed E-state index contributed by atoms with van der Waals surface area (Å²) in [5.74, 6) is -1.80. The van der Waals surface area contributed by atoms with Crippen LogP contribution in [-0.2, 0) is 11.2 Å². The minimum atomic E-state index is -0.834. The van der Waals surface area contributed by atoms with Crippen LogP contribution in [0, 0.1) is 16.0 Å². The zero-order valence-electron chi connectivity index (χ0n) is 13.1. The van der Waals surface area contributed by atoms with Gasteiger partial charge in [0.05, 0.1) is 21.4 Å². The smallest absolute Gasteiger partial charge is 0.269 e. The molecular formula is C16H13N3O5S. The van der Waals surface area contributed by atoms with Gasteiger partial charge in [-0.05, 0) is 25.0 Å². The fourth-order valence-corrected chi connectivity index (χ4v) is 3.74. The maximum Gasteiger partial charge on any atom is 0.269 e. The number of carbonyl (C=O) groups is 3. The standard InChI is InChI=1S/C16H13N3O5S/c1-8(20)17-16-18-12-7-6-11(14(22)15(12)25-16)13(21)9-2-4-10(5-3-9)19(23)24/h2-5,11H,6-7H2,1H3,(H,17,18,20). The van der Waals surface area contributed by atoms with E-state index in [0.29, 0.717) is 28.5 Å². The van der Waals surface area contributed by atoms with Crippen LogP contribution in [0.4, 0.5) is 10.8 Å². The average Bonchev–Trinajstić information content (AvgIpc) is 2.97. The normalized spacial score (nSPS) is 16.2. The molecule has 1 amide bonds. The molecule has 1 atom stereocenters. The second kappa shape index (κ2) is 6.52. The number of anilines is 1. The van der Waals surface area contributed by atoms with Crippen molar-refractivity contribution < 1.29 is 19.3 Å². The molecule has 0 fully saturated rings. The third-order valence-electron chi connectivity index (χ3n) is 3.87. The topological polar surface area (TPSA) is 119 Å². The summed E-state index contributed by atoms with van der Waals surface area (Å²) < 4.78 is 0. The largest absolute Gasteiger partial charge is 0.302 e. The molecule has 1 aliphatic rings. The van der Waals surface area contributed by atoms with Gasteiger partial charge >= 0.3 is 0 Å². The van der Waals surface area contributed by atoms with E-state index in [0.717, 1.165) is 11.3 Å². The Morgan fingerprint density at radius 1 is 1.32 bits per heavy atom. The molecule has 1 N–H and O–H groups in total. The number of carbonyl (C=O) groups excluding carboxylic acids is 3. The Labute approximate surface area is 146 Å². The van der Waals surface area contributed by atoms with Crippen molar-refractivity contribution in [1.82, 2.24) is 4.98 Å². The predicted octanol–water partition coefficient (Wildman–Crippen LogP) is 2.64. The number of Topliss-reactive ketones (excluding diaryl/α,β-unsaturated/α-hetero) is 2. The highest BCUT2D eigenvalue weighted by molar-refractivity contribution is 7.17. The Bertz CT molecular complexity index is 888. The number of nitrogens with one attached hydrogen (secondary N) is 1. The Morgan fingerprint density at radius 2 is 2.00 bits per heavy atom. The number of amides is 1. The number of non-ortho nitro benzene ring substituents is 1. The van der Waals surface area contributed by atoms with Gasteiger partial charge < -0.3 is 5.32 Å². The number of nitrogens with zero attached hydrogens (tertiary/aromatic N) is 2. The maximum absolute atomic E-state index is 12.6. The van der Waals surface area contributed by atoms with Crippen LogP contribution < -0.4 is 5.32 Å². The van der Waals surface area contributed by atoms with Crippen LogP contribution in [0.1, 0.15) is 39.1 Å². The van der Waals surface area contributed by atoms with Crippen molar-refractivity contribution in [3.8, 4) is 0 Å². The summed E-state index contributed by atoms with van der Waals surface area (Å²) in [5, 5.41) is 13.6. The van der Waals surface area contributed by atoms with Crippen LogP contribution in [0.15, 0.2) is 24.3 Å². The molecule has 0 radical (unpaired) electrons. The fourth-order valence-electron chi connectivity index (χ4n) is 2.69. The summed E-state index contributed by atoms with van der Waals surface area (Å²) in [6, 6.07) is 5.21. The van der Waals surface area contributed by atoms with E-state index in [1.165, 1.54) is 31.2 Å². The minimum absolute atomic E-state index is 0.115. The summed E-state index contributed by atoms with van der Waals surface area (Å²) in [6.07, 6.45) is 0.783. The van der Waals surface area contributed by atoms with Crippen molar-refractivity contribution in [3.05, 3.63) is 50.5 Å². The molecule has 0 bridgehead atoms. The number of aryl methyl sites for hydroxylation is 1. The number of benzene rings is 1. The lowest BCUT2D eigenvalue weighted by atomic mass is 9.84. The number of nitro benzene ring substituents is 1. The lowest BCUT2D eigenvalue weighted by Gasteiger charge is -2.18. The van der Waals surface area contributed by atoms with Gasteiger partial charge in [0.2, 0.25) is 5.91 Å². The van der Waals surface area contributed by atoms with Gasteiger partial charge in [-0.3, -0.25) is 24.5 Å². The monoisotopic (exact) mass is 359 g/mol. The molecule has 25 heavy (non-hydrogen) atoms. The van der Waals surface area contributed by atoms with Gasteiger partial charge in [-0.2, -0.15) is 0 Å². The van der Waals surface area contributed by atoms with Crippen LogP contribution >= 0.6 is 11.3 Å². The number of rotatable bonds is 4. The highest BCUT2D eigenvalue weighted by Crippen LogP contribution is 2.34. The van der Waals surface area contributed by atoms with Gasteiger partial charge in [0.25, 0.3) is 5.69 Å². The van der Waals surface area contributed by atoms with Gasteiger partial charge in [-0.1, -0.05) is 11.3 Å². The van der Waals surface area contributed by atoms with Crippen LogP contribution in [0.3, 0.4) is 0 Å². The first-order chi connectivity index (χ1) is 11.9. The maximum atomic E-state index is 12.6. The van der Waals surface area contributed by atoms with Crippen molar-refractivity contribution >= 4 is 39.6 Å².